The van der Waals surface area contributed by atoms with Crippen LogP contribution in [0, 0.1) is 6.92 Å². The molecule has 5 rings (SSSR count). The van der Waals surface area contributed by atoms with Crippen LogP contribution in [-0.4, -0.2) is 60.6 Å². The lowest BCUT2D eigenvalue weighted by Gasteiger charge is -2.35. The smallest absolute Gasteiger partial charge is 0.217 e. The number of aromatic nitrogens is 2. The molecule has 31 heavy (non-hydrogen) atoms. The Bertz CT molecular complexity index is 1250. The van der Waals surface area contributed by atoms with Gasteiger partial charge in [-0.1, -0.05) is 11.6 Å². The van der Waals surface area contributed by atoms with Gasteiger partial charge in [-0.25, -0.2) is 13.4 Å². The van der Waals surface area contributed by atoms with Gasteiger partial charge >= 0.3 is 0 Å². The molecule has 0 bridgehead atoms. The highest BCUT2D eigenvalue weighted by atomic mass is 35.5. The van der Waals surface area contributed by atoms with Gasteiger partial charge in [0, 0.05) is 60.9 Å². The molecule has 1 aliphatic carbocycles. The number of anilines is 1. The van der Waals surface area contributed by atoms with Crippen LogP contribution >= 0.6 is 11.6 Å². The molecule has 2 aliphatic rings. The third-order valence-electron chi connectivity index (χ3n) is 6.11. The van der Waals surface area contributed by atoms with Gasteiger partial charge in [0.1, 0.15) is 11.4 Å². The third-order valence-corrected chi connectivity index (χ3v) is 8.92. The minimum Gasteiger partial charge on any atom is -0.496 e. The molecule has 1 saturated heterocycles. The standard InChI is InChI=1S/C22H25ClN4O3S/c1-15-11-21(30-2)18(13-19(15)23)20-14-26-6-5-16(12-22(26)24-20)25-7-9-27(10-8-25)31(28,29)17-3-4-17/h5-6,11-14,17H,3-4,7-10H2,1-2H3. The number of benzene rings is 1. The number of imidazole rings is 1. The first-order valence-corrected chi connectivity index (χ1v) is 12.3. The number of halogens is 1. The molecule has 1 saturated carbocycles. The van der Waals surface area contributed by atoms with Crippen molar-refractivity contribution in [2.75, 3.05) is 38.2 Å². The van der Waals surface area contributed by atoms with Crippen molar-refractivity contribution in [2.45, 2.75) is 25.0 Å². The van der Waals surface area contributed by atoms with E-state index in [-0.39, 0.29) is 5.25 Å². The lowest BCUT2D eigenvalue weighted by molar-refractivity contribution is 0.384. The molecular weight excluding hydrogens is 436 g/mol. The number of hydrogen-bond donors (Lipinski definition) is 0. The van der Waals surface area contributed by atoms with E-state index in [0.717, 1.165) is 46.7 Å². The van der Waals surface area contributed by atoms with Crippen molar-refractivity contribution in [3.8, 4) is 17.0 Å². The van der Waals surface area contributed by atoms with Gasteiger partial charge in [-0.15, -0.1) is 0 Å². The number of pyridine rings is 1. The summed E-state index contributed by atoms with van der Waals surface area (Å²) in [4.78, 5) is 7.01. The van der Waals surface area contributed by atoms with E-state index in [0.29, 0.717) is 31.2 Å². The van der Waals surface area contributed by atoms with Crippen LogP contribution < -0.4 is 9.64 Å². The van der Waals surface area contributed by atoms with Gasteiger partial charge in [-0.3, -0.25) is 0 Å². The van der Waals surface area contributed by atoms with Crippen LogP contribution in [0.15, 0.2) is 36.7 Å². The molecular formula is C22H25ClN4O3S. The zero-order valence-electron chi connectivity index (χ0n) is 17.6. The highest BCUT2D eigenvalue weighted by Crippen LogP contribution is 2.35. The molecule has 0 N–H and O–H groups in total. The zero-order chi connectivity index (χ0) is 21.8. The summed E-state index contributed by atoms with van der Waals surface area (Å²) >= 11 is 6.34. The average molecular weight is 461 g/mol. The summed E-state index contributed by atoms with van der Waals surface area (Å²) in [6.45, 7) is 4.36. The Balaban J connectivity index is 1.39. The van der Waals surface area contributed by atoms with E-state index in [9.17, 15) is 8.42 Å². The fraction of sp³-hybridized carbons (Fsp3) is 0.409. The molecule has 0 radical (unpaired) electrons. The second-order valence-electron chi connectivity index (χ2n) is 8.21. The van der Waals surface area contributed by atoms with Crippen LogP contribution in [-0.2, 0) is 10.0 Å². The van der Waals surface area contributed by atoms with Gasteiger partial charge in [0.05, 0.1) is 18.1 Å². The third kappa shape index (κ3) is 3.77. The number of ether oxygens (including phenoxy) is 1. The van der Waals surface area contributed by atoms with Crippen molar-refractivity contribution in [3.63, 3.8) is 0 Å². The molecule has 3 aromatic rings. The van der Waals surface area contributed by atoms with Crippen molar-refractivity contribution < 1.29 is 13.2 Å². The van der Waals surface area contributed by atoms with E-state index in [4.69, 9.17) is 21.3 Å². The molecule has 1 aliphatic heterocycles. The lowest BCUT2D eigenvalue weighted by Crippen LogP contribution is -2.49. The number of hydrogen-bond acceptors (Lipinski definition) is 5. The second kappa shape index (κ2) is 7.69. The number of piperazine rings is 1. The molecule has 7 nitrogen and oxygen atoms in total. The van der Waals surface area contributed by atoms with E-state index < -0.39 is 10.0 Å². The first-order valence-electron chi connectivity index (χ1n) is 10.4. The molecule has 0 amide bonds. The molecule has 0 atom stereocenters. The summed E-state index contributed by atoms with van der Waals surface area (Å²) in [5, 5.41) is 0.526. The quantitative estimate of drug-likeness (QED) is 0.582. The van der Waals surface area contributed by atoms with E-state index in [2.05, 4.69) is 4.90 Å². The van der Waals surface area contributed by atoms with E-state index in [1.54, 1.807) is 11.4 Å². The largest absolute Gasteiger partial charge is 0.496 e. The fourth-order valence-corrected chi connectivity index (χ4v) is 6.09. The van der Waals surface area contributed by atoms with Crippen LogP contribution in [0.3, 0.4) is 0 Å². The molecule has 1 aromatic carbocycles. The van der Waals surface area contributed by atoms with E-state index in [1.165, 1.54) is 0 Å². The SMILES string of the molecule is COc1cc(C)c(Cl)cc1-c1cn2ccc(N3CCN(S(=O)(=O)C4CC4)CC3)cc2n1. The Labute approximate surface area is 187 Å². The lowest BCUT2D eigenvalue weighted by atomic mass is 10.1. The van der Waals surface area contributed by atoms with Crippen molar-refractivity contribution in [2.24, 2.45) is 0 Å². The van der Waals surface area contributed by atoms with Gasteiger partial charge in [0.25, 0.3) is 0 Å². The molecule has 0 spiro atoms. The second-order valence-corrected chi connectivity index (χ2v) is 10.8. The summed E-state index contributed by atoms with van der Waals surface area (Å²) in [5.41, 5.74) is 4.45. The van der Waals surface area contributed by atoms with Crippen molar-refractivity contribution in [3.05, 3.63) is 47.2 Å². The minimum absolute atomic E-state index is 0.147. The number of sulfonamides is 1. The Kier molecular flexibility index (Phi) is 5.11. The normalized spacial score (nSPS) is 18.0. The Morgan fingerprint density at radius 3 is 2.55 bits per heavy atom. The highest BCUT2D eigenvalue weighted by Gasteiger charge is 2.41. The van der Waals surface area contributed by atoms with Crippen LogP contribution in [0.2, 0.25) is 5.02 Å². The highest BCUT2D eigenvalue weighted by molar-refractivity contribution is 7.90. The van der Waals surface area contributed by atoms with Gasteiger partial charge in [0.2, 0.25) is 10.0 Å². The predicted molar refractivity (Wildman–Crippen MR) is 123 cm³/mol. The summed E-state index contributed by atoms with van der Waals surface area (Å²) in [7, 11) is -1.46. The molecule has 2 aromatic heterocycles. The topological polar surface area (TPSA) is 67.2 Å². The summed E-state index contributed by atoms with van der Waals surface area (Å²) in [6.07, 6.45) is 5.55. The molecule has 164 valence electrons. The van der Waals surface area contributed by atoms with Gasteiger partial charge < -0.3 is 14.0 Å². The Hall–Kier alpha value is -2.29. The van der Waals surface area contributed by atoms with E-state index in [1.807, 2.05) is 48.0 Å². The molecule has 9 heteroatoms. The van der Waals surface area contributed by atoms with Crippen LogP contribution in [0.25, 0.3) is 16.9 Å². The average Bonchev–Trinajstić information content (AvgIpc) is 3.55. The monoisotopic (exact) mass is 460 g/mol. The van der Waals surface area contributed by atoms with Gasteiger partial charge in [-0.2, -0.15) is 4.31 Å². The van der Waals surface area contributed by atoms with Crippen LogP contribution in [0.5, 0.6) is 5.75 Å². The van der Waals surface area contributed by atoms with Crippen LogP contribution in [0.4, 0.5) is 5.69 Å². The molecule has 3 heterocycles. The number of aryl methyl sites for hydroxylation is 1. The number of fused-ring (bicyclic) bond motifs is 1. The van der Waals surface area contributed by atoms with Gasteiger partial charge in [-0.05, 0) is 43.5 Å². The zero-order valence-corrected chi connectivity index (χ0v) is 19.2. The number of methoxy groups -OCH3 is 1. The van der Waals surface area contributed by atoms with Gasteiger partial charge in [0.15, 0.2) is 0 Å². The minimum atomic E-state index is -3.10. The van der Waals surface area contributed by atoms with Crippen molar-refractivity contribution >= 4 is 33.0 Å². The maximum atomic E-state index is 12.5. The summed E-state index contributed by atoms with van der Waals surface area (Å²) in [6, 6.07) is 7.89. The number of nitrogens with zero attached hydrogens (tertiary/aromatic N) is 4. The fourth-order valence-electron chi connectivity index (χ4n) is 4.10. The summed E-state index contributed by atoms with van der Waals surface area (Å²) < 4.78 is 34.1. The maximum absolute atomic E-state index is 12.5. The Morgan fingerprint density at radius 2 is 1.87 bits per heavy atom. The van der Waals surface area contributed by atoms with Crippen molar-refractivity contribution in [1.29, 1.82) is 0 Å². The maximum Gasteiger partial charge on any atom is 0.217 e. The first kappa shape index (κ1) is 20.6. The number of rotatable bonds is 5. The van der Waals surface area contributed by atoms with E-state index >= 15 is 0 Å². The van der Waals surface area contributed by atoms with Crippen molar-refractivity contribution in [1.82, 2.24) is 13.7 Å². The predicted octanol–water partition coefficient (Wildman–Crippen LogP) is 3.59. The summed E-state index contributed by atoms with van der Waals surface area (Å²) in [5.74, 6) is 0.735. The Morgan fingerprint density at radius 1 is 1.13 bits per heavy atom. The first-order chi connectivity index (χ1) is 14.9. The molecule has 0 unspecified atom stereocenters. The molecule has 2 fully saturated rings. The van der Waals surface area contributed by atoms with Crippen LogP contribution in [0.1, 0.15) is 18.4 Å².